The molecule has 0 amide bonds. The van der Waals surface area contributed by atoms with Crippen molar-refractivity contribution in [2.45, 2.75) is 41.2 Å². The molecule has 3 aromatic heterocycles. The normalized spacial score (nSPS) is 14.5. The first-order valence-electron chi connectivity index (χ1n) is 11.4. The van der Waals surface area contributed by atoms with E-state index in [0.29, 0.717) is 25.6 Å². The molecule has 4 heterocycles. The van der Waals surface area contributed by atoms with Crippen molar-refractivity contribution in [1.29, 1.82) is 5.26 Å². The molecule has 0 N–H and O–H groups in total. The zero-order chi connectivity index (χ0) is 24.0. The molecule has 3 aromatic rings. The standard InChI is InChI=1S/C23H27N7O.C2H6/c1-5-17(6-2)18-7-8-30(27-18)20-13-19(28-9-11-31-12-10-28)21-22(26-20)29(16-25-21)15-23(3,4)14-24;1-2/h5-8,13,16H,1,9-12,15H2,2-4H3;1-2H3/b17-6+;. The number of allylic oxidation sites excluding steroid dienone is 3. The third-order valence-corrected chi connectivity index (χ3v) is 5.41. The van der Waals surface area contributed by atoms with Crippen molar-refractivity contribution >= 4 is 22.4 Å². The summed E-state index contributed by atoms with van der Waals surface area (Å²) in [5, 5.41) is 14.2. The van der Waals surface area contributed by atoms with Gasteiger partial charge in [-0.3, -0.25) is 0 Å². The van der Waals surface area contributed by atoms with Gasteiger partial charge in [-0.15, -0.1) is 0 Å². The van der Waals surface area contributed by atoms with Crippen LogP contribution in [0.1, 0.15) is 40.3 Å². The van der Waals surface area contributed by atoms with Gasteiger partial charge in [-0.1, -0.05) is 32.6 Å². The van der Waals surface area contributed by atoms with Crippen LogP contribution in [0.15, 0.2) is 43.4 Å². The average molecular weight is 448 g/mol. The van der Waals surface area contributed by atoms with Crippen molar-refractivity contribution < 1.29 is 4.74 Å². The number of rotatable bonds is 6. The van der Waals surface area contributed by atoms with Gasteiger partial charge < -0.3 is 14.2 Å². The number of hydrogen-bond donors (Lipinski definition) is 0. The molecule has 8 nitrogen and oxygen atoms in total. The molecule has 8 heteroatoms. The third-order valence-electron chi connectivity index (χ3n) is 5.41. The van der Waals surface area contributed by atoms with Crippen LogP contribution in [0.5, 0.6) is 0 Å². The Kier molecular flexibility index (Phi) is 7.67. The van der Waals surface area contributed by atoms with E-state index in [9.17, 15) is 5.26 Å². The van der Waals surface area contributed by atoms with Crippen LogP contribution >= 0.6 is 0 Å². The first-order valence-corrected chi connectivity index (χ1v) is 11.4. The number of imidazole rings is 1. The summed E-state index contributed by atoms with van der Waals surface area (Å²) in [6, 6.07) is 6.34. The quantitative estimate of drug-likeness (QED) is 0.513. The number of fused-ring (bicyclic) bond motifs is 1. The summed E-state index contributed by atoms with van der Waals surface area (Å²) in [6.45, 7) is 17.1. The number of ether oxygens (including phenoxy) is 1. The molecule has 0 atom stereocenters. The second-order valence-electron chi connectivity index (χ2n) is 8.23. The number of morpholine rings is 1. The second kappa shape index (κ2) is 10.5. The topological polar surface area (TPSA) is 84.8 Å². The van der Waals surface area contributed by atoms with E-state index in [0.717, 1.165) is 41.2 Å². The van der Waals surface area contributed by atoms with E-state index in [-0.39, 0.29) is 0 Å². The Balaban J connectivity index is 0.00000149. The van der Waals surface area contributed by atoms with Crippen LogP contribution in [0.3, 0.4) is 0 Å². The lowest BCUT2D eigenvalue weighted by molar-refractivity contribution is 0.123. The van der Waals surface area contributed by atoms with E-state index in [1.165, 1.54) is 0 Å². The van der Waals surface area contributed by atoms with Crippen LogP contribution in [0.4, 0.5) is 5.69 Å². The van der Waals surface area contributed by atoms with Gasteiger partial charge in [0.05, 0.1) is 42.4 Å². The summed E-state index contributed by atoms with van der Waals surface area (Å²) in [7, 11) is 0. The van der Waals surface area contributed by atoms with Crippen molar-refractivity contribution in [2.75, 3.05) is 31.2 Å². The summed E-state index contributed by atoms with van der Waals surface area (Å²) in [5.74, 6) is 0.705. The zero-order valence-corrected chi connectivity index (χ0v) is 20.2. The molecule has 1 aliphatic rings. The molecule has 1 saturated heterocycles. The van der Waals surface area contributed by atoms with E-state index in [2.05, 4.69) is 22.5 Å². The van der Waals surface area contributed by atoms with Crippen LogP contribution in [-0.2, 0) is 11.3 Å². The van der Waals surface area contributed by atoms with Gasteiger partial charge in [0.25, 0.3) is 0 Å². The predicted molar refractivity (Wildman–Crippen MR) is 132 cm³/mol. The lowest BCUT2D eigenvalue weighted by Gasteiger charge is -2.29. The largest absolute Gasteiger partial charge is 0.378 e. The van der Waals surface area contributed by atoms with Crippen molar-refractivity contribution in [3.63, 3.8) is 0 Å². The molecule has 0 spiro atoms. The Morgan fingerprint density at radius 1 is 1.30 bits per heavy atom. The molecule has 0 saturated carbocycles. The number of aromatic nitrogens is 5. The third kappa shape index (κ3) is 5.15. The smallest absolute Gasteiger partial charge is 0.164 e. The van der Waals surface area contributed by atoms with Crippen LogP contribution in [-0.4, -0.2) is 50.6 Å². The first-order chi connectivity index (χ1) is 16.0. The maximum Gasteiger partial charge on any atom is 0.164 e. The summed E-state index contributed by atoms with van der Waals surface area (Å²) in [6.07, 6.45) is 7.45. The van der Waals surface area contributed by atoms with Crippen LogP contribution in [0.2, 0.25) is 0 Å². The van der Waals surface area contributed by atoms with E-state index in [4.69, 9.17) is 14.8 Å². The number of hydrogen-bond acceptors (Lipinski definition) is 6. The Hall–Kier alpha value is -3.44. The van der Waals surface area contributed by atoms with Crippen molar-refractivity contribution in [3.05, 3.63) is 49.1 Å². The van der Waals surface area contributed by atoms with Crippen molar-refractivity contribution in [1.82, 2.24) is 24.3 Å². The van der Waals surface area contributed by atoms with Gasteiger partial charge in [0.2, 0.25) is 0 Å². The Morgan fingerprint density at radius 2 is 2.03 bits per heavy atom. The maximum absolute atomic E-state index is 9.50. The minimum atomic E-state index is -0.534. The molecule has 0 unspecified atom stereocenters. The van der Waals surface area contributed by atoms with Crippen LogP contribution in [0, 0.1) is 16.7 Å². The van der Waals surface area contributed by atoms with Gasteiger partial charge in [-0.25, -0.2) is 14.6 Å². The number of anilines is 1. The summed E-state index contributed by atoms with van der Waals surface area (Å²) < 4.78 is 9.27. The fourth-order valence-corrected chi connectivity index (χ4v) is 3.72. The van der Waals surface area contributed by atoms with Gasteiger partial charge in [0, 0.05) is 31.9 Å². The molecular weight excluding hydrogens is 414 g/mol. The maximum atomic E-state index is 9.50. The van der Waals surface area contributed by atoms with Crippen LogP contribution < -0.4 is 4.90 Å². The number of nitriles is 1. The van der Waals surface area contributed by atoms with Gasteiger partial charge in [-0.05, 0) is 32.4 Å². The first kappa shape index (κ1) is 24.2. The summed E-state index contributed by atoms with van der Waals surface area (Å²) >= 11 is 0. The highest BCUT2D eigenvalue weighted by atomic mass is 16.5. The second-order valence-corrected chi connectivity index (χ2v) is 8.23. The van der Waals surface area contributed by atoms with Gasteiger partial charge in [-0.2, -0.15) is 10.4 Å². The fourth-order valence-electron chi connectivity index (χ4n) is 3.72. The Bertz CT molecular complexity index is 1170. The zero-order valence-electron chi connectivity index (χ0n) is 20.2. The molecule has 174 valence electrons. The molecule has 0 aliphatic carbocycles. The van der Waals surface area contributed by atoms with E-state index in [1.54, 1.807) is 17.1 Å². The molecule has 1 fully saturated rings. The lowest BCUT2D eigenvalue weighted by Crippen LogP contribution is -2.36. The highest BCUT2D eigenvalue weighted by Gasteiger charge is 2.23. The van der Waals surface area contributed by atoms with Gasteiger partial charge in [0.1, 0.15) is 5.52 Å². The lowest BCUT2D eigenvalue weighted by atomic mass is 9.96. The fraction of sp³-hybridized carbons (Fsp3) is 0.440. The molecule has 0 bridgehead atoms. The number of nitrogens with zero attached hydrogens (tertiary/aromatic N) is 7. The number of pyridine rings is 1. The SMILES string of the molecule is C=C/C(=C\C)c1ccn(-c2cc(N3CCOCC3)c3ncn(CC(C)(C)C#N)c3n2)n1.CC. The summed E-state index contributed by atoms with van der Waals surface area (Å²) in [5.41, 5.74) is 3.85. The Labute approximate surface area is 195 Å². The monoisotopic (exact) mass is 447 g/mol. The minimum absolute atomic E-state index is 0.503. The molecule has 33 heavy (non-hydrogen) atoms. The van der Waals surface area contributed by atoms with E-state index in [1.807, 2.05) is 63.6 Å². The average Bonchev–Trinajstić information content (AvgIpc) is 3.49. The van der Waals surface area contributed by atoms with Crippen LogP contribution in [0.25, 0.3) is 22.6 Å². The molecule has 4 rings (SSSR count). The highest BCUT2D eigenvalue weighted by molar-refractivity contribution is 5.87. The minimum Gasteiger partial charge on any atom is -0.378 e. The van der Waals surface area contributed by atoms with Gasteiger partial charge >= 0.3 is 0 Å². The Morgan fingerprint density at radius 3 is 2.67 bits per heavy atom. The van der Waals surface area contributed by atoms with E-state index >= 15 is 0 Å². The van der Waals surface area contributed by atoms with E-state index < -0.39 is 5.41 Å². The molecule has 1 aliphatic heterocycles. The molecular formula is C25H33N7O. The molecule has 0 radical (unpaired) electrons. The van der Waals surface area contributed by atoms with Crippen molar-refractivity contribution in [3.8, 4) is 11.9 Å². The molecule has 0 aromatic carbocycles. The van der Waals surface area contributed by atoms with Crippen molar-refractivity contribution in [2.24, 2.45) is 5.41 Å². The summed E-state index contributed by atoms with van der Waals surface area (Å²) in [4.78, 5) is 11.8. The highest BCUT2D eigenvalue weighted by Crippen LogP contribution is 2.30. The predicted octanol–water partition coefficient (Wildman–Crippen LogP) is 4.62. The van der Waals surface area contributed by atoms with Gasteiger partial charge in [0.15, 0.2) is 11.5 Å².